The number of Topliss-reactive ketones (excluding diaryl/α,β-unsaturated/α-hetero) is 1. The van der Waals surface area contributed by atoms with E-state index >= 15 is 0 Å². The average molecular weight is 418 g/mol. The lowest BCUT2D eigenvalue weighted by molar-refractivity contribution is -0.145. The Kier molecular flexibility index (Phi) is 7.09. The third kappa shape index (κ3) is 5.52. The molecule has 1 amide bonds. The monoisotopic (exact) mass is 417 g/mol. The maximum Gasteiger partial charge on any atom is 0.329 e. The van der Waals surface area contributed by atoms with Gasteiger partial charge in [-0.3, -0.25) is 9.59 Å². The first kappa shape index (κ1) is 19.8. The SMILES string of the molecule is CC(C)C(NC(=O)c1ccccc1)C(=O)OCC(=O)c1ccc(Br)cc1. The molecule has 0 radical (unpaired) electrons. The molecule has 1 unspecified atom stereocenters. The minimum absolute atomic E-state index is 0.182. The summed E-state index contributed by atoms with van der Waals surface area (Å²) in [5, 5.41) is 2.67. The van der Waals surface area contributed by atoms with Crippen LogP contribution in [-0.4, -0.2) is 30.3 Å². The fourth-order valence-electron chi connectivity index (χ4n) is 2.26. The molecule has 5 nitrogen and oxygen atoms in total. The first-order valence-corrected chi connectivity index (χ1v) is 8.99. The number of ketones is 1. The lowest BCUT2D eigenvalue weighted by atomic mass is 10.0. The minimum Gasteiger partial charge on any atom is -0.456 e. The van der Waals surface area contributed by atoms with Gasteiger partial charge in [0.1, 0.15) is 6.04 Å². The molecule has 0 aliphatic heterocycles. The second-order valence-corrected chi connectivity index (χ2v) is 7.01. The van der Waals surface area contributed by atoms with E-state index < -0.39 is 12.0 Å². The predicted molar refractivity (Wildman–Crippen MR) is 102 cm³/mol. The summed E-state index contributed by atoms with van der Waals surface area (Å²) in [6.45, 7) is 3.23. The van der Waals surface area contributed by atoms with Crippen LogP contribution >= 0.6 is 15.9 Å². The van der Waals surface area contributed by atoms with Gasteiger partial charge >= 0.3 is 5.97 Å². The standard InChI is InChI=1S/C20H20BrNO4/c1-13(2)18(22-19(24)15-6-4-3-5-7-15)20(25)26-12-17(23)14-8-10-16(21)11-9-14/h3-11,13,18H,12H2,1-2H3,(H,22,24). The van der Waals surface area contributed by atoms with E-state index in [0.29, 0.717) is 11.1 Å². The summed E-state index contributed by atoms with van der Waals surface area (Å²) in [5.74, 6) is -1.48. The van der Waals surface area contributed by atoms with Crippen LogP contribution in [0, 0.1) is 5.92 Å². The Morgan fingerprint density at radius 1 is 0.962 bits per heavy atom. The summed E-state index contributed by atoms with van der Waals surface area (Å²) in [7, 11) is 0. The fourth-order valence-corrected chi connectivity index (χ4v) is 2.52. The molecule has 0 saturated heterocycles. The highest BCUT2D eigenvalue weighted by Gasteiger charge is 2.26. The Hall–Kier alpha value is -2.47. The first-order chi connectivity index (χ1) is 12.4. The Bertz CT molecular complexity index is 772. The summed E-state index contributed by atoms with van der Waals surface area (Å²) in [6.07, 6.45) is 0. The van der Waals surface area contributed by atoms with Crippen LogP contribution in [0.3, 0.4) is 0 Å². The molecular weight excluding hydrogens is 398 g/mol. The maximum absolute atomic E-state index is 12.3. The maximum atomic E-state index is 12.3. The van der Waals surface area contributed by atoms with Gasteiger partial charge in [-0.15, -0.1) is 0 Å². The number of rotatable bonds is 7. The molecule has 0 fully saturated rings. The third-order valence-electron chi connectivity index (χ3n) is 3.75. The number of ether oxygens (including phenoxy) is 1. The van der Waals surface area contributed by atoms with Gasteiger partial charge in [0.25, 0.3) is 5.91 Å². The summed E-state index contributed by atoms with van der Waals surface area (Å²) < 4.78 is 5.99. The molecule has 0 saturated carbocycles. The van der Waals surface area contributed by atoms with Crippen molar-refractivity contribution >= 4 is 33.6 Å². The van der Waals surface area contributed by atoms with Crippen molar-refractivity contribution in [1.29, 1.82) is 0 Å². The number of esters is 1. The van der Waals surface area contributed by atoms with Crippen molar-refractivity contribution in [3.63, 3.8) is 0 Å². The molecule has 2 aromatic rings. The predicted octanol–water partition coefficient (Wildman–Crippen LogP) is 3.63. The normalized spacial score (nSPS) is 11.7. The second kappa shape index (κ2) is 9.29. The molecule has 2 rings (SSSR count). The zero-order chi connectivity index (χ0) is 19.1. The van der Waals surface area contributed by atoms with E-state index in [1.165, 1.54) is 0 Å². The summed E-state index contributed by atoms with van der Waals surface area (Å²) in [4.78, 5) is 36.7. The molecule has 0 aliphatic rings. The van der Waals surface area contributed by atoms with Crippen LogP contribution in [0.2, 0.25) is 0 Å². The molecular formula is C20H20BrNO4. The molecule has 0 aromatic heterocycles. The Morgan fingerprint density at radius 2 is 1.58 bits per heavy atom. The summed E-state index contributed by atoms with van der Waals surface area (Å²) in [5.41, 5.74) is 0.910. The third-order valence-corrected chi connectivity index (χ3v) is 4.28. The van der Waals surface area contributed by atoms with E-state index in [-0.39, 0.29) is 24.2 Å². The molecule has 0 spiro atoms. The largest absolute Gasteiger partial charge is 0.456 e. The molecule has 2 aromatic carbocycles. The van der Waals surface area contributed by atoms with Gasteiger partial charge in [-0.1, -0.05) is 60.1 Å². The van der Waals surface area contributed by atoms with E-state index in [9.17, 15) is 14.4 Å². The van der Waals surface area contributed by atoms with Crippen LogP contribution in [0.1, 0.15) is 34.6 Å². The number of carbonyl (C=O) groups is 3. The Labute approximate surface area is 160 Å². The van der Waals surface area contributed by atoms with Gasteiger partial charge in [0.15, 0.2) is 12.4 Å². The number of hydrogen-bond acceptors (Lipinski definition) is 4. The minimum atomic E-state index is -0.833. The highest BCUT2D eigenvalue weighted by Crippen LogP contribution is 2.12. The topological polar surface area (TPSA) is 72.5 Å². The molecule has 0 aliphatic carbocycles. The number of benzene rings is 2. The van der Waals surface area contributed by atoms with Crippen LogP contribution in [0.4, 0.5) is 0 Å². The van der Waals surface area contributed by atoms with E-state index in [1.807, 2.05) is 0 Å². The smallest absolute Gasteiger partial charge is 0.329 e. The molecule has 6 heteroatoms. The number of hydrogen-bond donors (Lipinski definition) is 1. The van der Waals surface area contributed by atoms with Crippen molar-refractivity contribution in [1.82, 2.24) is 5.32 Å². The van der Waals surface area contributed by atoms with E-state index in [2.05, 4.69) is 21.2 Å². The van der Waals surface area contributed by atoms with Crippen molar-refractivity contribution < 1.29 is 19.1 Å². The quantitative estimate of drug-likeness (QED) is 0.551. The van der Waals surface area contributed by atoms with Crippen molar-refractivity contribution in [2.24, 2.45) is 5.92 Å². The van der Waals surface area contributed by atoms with Gasteiger partial charge in [0.2, 0.25) is 0 Å². The second-order valence-electron chi connectivity index (χ2n) is 6.10. The van der Waals surface area contributed by atoms with Crippen LogP contribution in [0.15, 0.2) is 59.1 Å². The van der Waals surface area contributed by atoms with Crippen molar-refractivity contribution in [3.8, 4) is 0 Å². The van der Waals surface area contributed by atoms with Gasteiger partial charge in [0.05, 0.1) is 0 Å². The molecule has 26 heavy (non-hydrogen) atoms. The van der Waals surface area contributed by atoms with Crippen LogP contribution < -0.4 is 5.32 Å². The van der Waals surface area contributed by atoms with Crippen molar-refractivity contribution in [3.05, 3.63) is 70.2 Å². The van der Waals surface area contributed by atoms with E-state index in [0.717, 1.165) is 4.47 Å². The van der Waals surface area contributed by atoms with Crippen LogP contribution in [0.25, 0.3) is 0 Å². The number of carbonyl (C=O) groups excluding carboxylic acids is 3. The van der Waals surface area contributed by atoms with Gasteiger partial charge in [-0.25, -0.2) is 4.79 Å². The molecule has 0 bridgehead atoms. The lowest BCUT2D eigenvalue weighted by Crippen LogP contribution is -2.45. The van der Waals surface area contributed by atoms with Crippen LogP contribution in [0.5, 0.6) is 0 Å². The molecule has 1 atom stereocenters. The summed E-state index contributed by atoms with van der Waals surface area (Å²) >= 11 is 3.30. The number of amides is 1. The first-order valence-electron chi connectivity index (χ1n) is 8.20. The van der Waals surface area contributed by atoms with E-state index in [4.69, 9.17) is 4.74 Å². The summed E-state index contributed by atoms with van der Waals surface area (Å²) in [6, 6.07) is 14.6. The zero-order valence-electron chi connectivity index (χ0n) is 14.6. The number of halogens is 1. The van der Waals surface area contributed by atoms with E-state index in [1.54, 1.807) is 68.4 Å². The Balaban J connectivity index is 1.96. The Morgan fingerprint density at radius 3 is 2.15 bits per heavy atom. The zero-order valence-corrected chi connectivity index (χ0v) is 16.2. The van der Waals surface area contributed by atoms with Gasteiger partial charge in [-0.05, 0) is 30.2 Å². The van der Waals surface area contributed by atoms with Crippen molar-refractivity contribution in [2.75, 3.05) is 6.61 Å². The lowest BCUT2D eigenvalue weighted by Gasteiger charge is -2.20. The highest BCUT2D eigenvalue weighted by atomic mass is 79.9. The molecule has 1 N–H and O–H groups in total. The number of nitrogens with one attached hydrogen (secondary N) is 1. The van der Waals surface area contributed by atoms with Gasteiger partial charge < -0.3 is 10.1 Å². The van der Waals surface area contributed by atoms with Gasteiger partial charge in [-0.2, -0.15) is 0 Å². The molecule has 0 heterocycles. The van der Waals surface area contributed by atoms with Crippen LogP contribution in [-0.2, 0) is 9.53 Å². The molecule has 136 valence electrons. The average Bonchev–Trinajstić information content (AvgIpc) is 2.64. The highest BCUT2D eigenvalue weighted by molar-refractivity contribution is 9.10. The van der Waals surface area contributed by atoms with Gasteiger partial charge in [0, 0.05) is 15.6 Å². The fraction of sp³-hybridized carbons (Fsp3) is 0.250. The van der Waals surface area contributed by atoms with Crippen molar-refractivity contribution in [2.45, 2.75) is 19.9 Å².